The number of hydrogen-bond donors (Lipinski definition) is 4. The topological polar surface area (TPSA) is 187 Å². The van der Waals surface area contributed by atoms with E-state index in [0.29, 0.717) is 16.1 Å². The minimum absolute atomic E-state index is 0.214. The van der Waals surface area contributed by atoms with Crippen LogP contribution in [0.5, 0.6) is 0 Å². The van der Waals surface area contributed by atoms with Crippen molar-refractivity contribution < 1.29 is 24.2 Å². The van der Waals surface area contributed by atoms with E-state index in [0.717, 1.165) is 11.0 Å². The van der Waals surface area contributed by atoms with Crippen LogP contribution in [0.25, 0.3) is 11.0 Å². The zero-order valence-corrected chi connectivity index (χ0v) is 22.6. The Morgan fingerprint density at radius 1 is 1.07 bits per heavy atom. The van der Waals surface area contributed by atoms with E-state index in [4.69, 9.17) is 0 Å². The molecule has 2 aromatic heterocycles. The zero-order chi connectivity index (χ0) is 30.0. The number of ether oxygens (including phenoxy) is 1. The molecule has 1 fully saturated rings. The molecular weight excluding hydrogens is 546 g/mol. The van der Waals surface area contributed by atoms with Gasteiger partial charge in [0.1, 0.15) is 24.1 Å². The maximum atomic E-state index is 13.2. The van der Waals surface area contributed by atoms with Crippen LogP contribution in [0.4, 0.5) is 17.2 Å². The van der Waals surface area contributed by atoms with Crippen molar-refractivity contribution >= 4 is 46.0 Å². The minimum atomic E-state index is -1.53. The monoisotopic (exact) mass is 573 g/mol. The van der Waals surface area contributed by atoms with Crippen molar-refractivity contribution in [1.29, 1.82) is 0 Å². The number of nitrogens with one attached hydrogen (secondary N) is 3. The number of nitrogens with zero attached hydrogens (tertiary/aromatic N) is 4. The molecule has 0 bridgehead atoms. The van der Waals surface area contributed by atoms with E-state index in [1.807, 2.05) is 24.3 Å². The molecule has 14 heteroatoms. The van der Waals surface area contributed by atoms with Gasteiger partial charge in [-0.3, -0.25) is 28.7 Å². The molecule has 0 spiro atoms. The van der Waals surface area contributed by atoms with Crippen LogP contribution >= 0.6 is 0 Å². The summed E-state index contributed by atoms with van der Waals surface area (Å²) >= 11 is 0. The molecule has 216 valence electrons. The Morgan fingerprint density at radius 3 is 2.45 bits per heavy atom. The molecule has 0 radical (unpaired) electrons. The summed E-state index contributed by atoms with van der Waals surface area (Å²) in [6, 6.07) is 12.4. The third-order valence-electron chi connectivity index (χ3n) is 6.50. The van der Waals surface area contributed by atoms with E-state index in [1.54, 1.807) is 44.3 Å². The van der Waals surface area contributed by atoms with Crippen molar-refractivity contribution in [1.82, 2.24) is 24.4 Å². The number of para-hydroxylation sites is 2. The first kappa shape index (κ1) is 28.2. The summed E-state index contributed by atoms with van der Waals surface area (Å²) in [6.45, 7) is 2.69. The zero-order valence-electron chi connectivity index (χ0n) is 22.6. The number of fused-ring (bicyclic) bond motifs is 1. The second kappa shape index (κ2) is 11.6. The number of aliphatic hydroxyl groups is 1. The first-order valence-corrected chi connectivity index (χ1v) is 13.0. The highest BCUT2D eigenvalue weighted by atomic mass is 16.6. The number of benzene rings is 2. The van der Waals surface area contributed by atoms with Crippen LogP contribution in [-0.2, 0) is 20.9 Å². The van der Waals surface area contributed by atoms with E-state index in [9.17, 15) is 29.1 Å². The summed E-state index contributed by atoms with van der Waals surface area (Å²) in [5, 5.41) is 17.8. The molecule has 0 saturated carbocycles. The Bertz CT molecular complexity index is 1800. The quantitative estimate of drug-likeness (QED) is 0.224. The van der Waals surface area contributed by atoms with Crippen LogP contribution < -0.4 is 27.2 Å². The fraction of sp³-hybridized carbons (Fsp3) is 0.250. The summed E-state index contributed by atoms with van der Waals surface area (Å²) in [6.07, 6.45) is 1.04. The fourth-order valence-corrected chi connectivity index (χ4v) is 4.34. The Morgan fingerprint density at radius 2 is 1.79 bits per heavy atom. The number of hydrogen-bond acceptors (Lipinski definition) is 10. The standard InChI is InChI=1S/C28H27N7O7/c1-15(2)34-13-21(26(39)35(28(34)41)14-23(36)32-20-11-24(37)42-27(20)40)33-25(38)16-7-9-17(10-8-16)30-22-12-29-18-5-3-4-6-19(18)31-22/h3-10,12-13,15,20,27,40H,11,14H2,1-2H3,(H,30,31)(H,32,36)(H,33,38). The van der Waals surface area contributed by atoms with E-state index in [-0.39, 0.29) is 17.7 Å². The van der Waals surface area contributed by atoms with Gasteiger partial charge in [-0.1, -0.05) is 12.1 Å². The molecule has 1 aliphatic rings. The van der Waals surface area contributed by atoms with Crippen molar-refractivity contribution in [2.24, 2.45) is 0 Å². The van der Waals surface area contributed by atoms with E-state index >= 15 is 0 Å². The molecule has 2 unspecified atom stereocenters. The molecule has 1 aliphatic heterocycles. The lowest BCUT2D eigenvalue weighted by atomic mass is 10.2. The molecule has 5 rings (SSSR count). The van der Waals surface area contributed by atoms with Crippen molar-refractivity contribution in [2.75, 3.05) is 10.6 Å². The molecule has 2 atom stereocenters. The number of amides is 2. The molecule has 0 aliphatic carbocycles. The maximum absolute atomic E-state index is 13.2. The molecule has 42 heavy (non-hydrogen) atoms. The molecule has 3 heterocycles. The highest BCUT2D eigenvalue weighted by Gasteiger charge is 2.34. The van der Waals surface area contributed by atoms with Crippen molar-refractivity contribution in [3.8, 4) is 0 Å². The number of cyclic esters (lactones) is 1. The van der Waals surface area contributed by atoms with Gasteiger partial charge in [0.2, 0.25) is 12.2 Å². The first-order valence-electron chi connectivity index (χ1n) is 13.0. The summed E-state index contributed by atoms with van der Waals surface area (Å²) in [7, 11) is 0. The van der Waals surface area contributed by atoms with Crippen LogP contribution in [0.2, 0.25) is 0 Å². The maximum Gasteiger partial charge on any atom is 0.331 e. The van der Waals surface area contributed by atoms with Gasteiger partial charge >= 0.3 is 11.7 Å². The number of anilines is 3. The first-order chi connectivity index (χ1) is 20.1. The molecular formula is C28H27N7O7. The van der Waals surface area contributed by atoms with Gasteiger partial charge in [0.05, 0.1) is 23.7 Å². The van der Waals surface area contributed by atoms with Gasteiger partial charge in [-0.15, -0.1) is 0 Å². The third-order valence-corrected chi connectivity index (χ3v) is 6.50. The Balaban J connectivity index is 1.32. The lowest BCUT2D eigenvalue weighted by Gasteiger charge is -2.17. The summed E-state index contributed by atoms with van der Waals surface area (Å²) in [4.78, 5) is 72.0. The Kier molecular flexibility index (Phi) is 7.80. The second-order valence-corrected chi connectivity index (χ2v) is 9.88. The number of carbonyl (C=O) groups excluding carboxylic acids is 3. The van der Waals surface area contributed by atoms with Crippen LogP contribution in [-0.4, -0.2) is 54.3 Å². The smallest absolute Gasteiger partial charge is 0.331 e. The highest BCUT2D eigenvalue weighted by Crippen LogP contribution is 2.18. The van der Waals surface area contributed by atoms with Crippen LogP contribution in [0.15, 0.2) is 70.5 Å². The van der Waals surface area contributed by atoms with E-state index in [1.165, 1.54) is 10.8 Å². The lowest BCUT2D eigenvalue weighted by molar-refractivity contribution is -0.155. The number of esters is 1. The molecule has 2 amide bonds. The summed E-state index contributed by atoms with van der Waals surface area (Å²) < 4.78 is 6.47. The predicted molar refractivity (Wildman–Crippen MR) is 151 cm³/mol. The summed E-state index contributed by atoms with van der Waals surface area (Å²) in [5.74, 6) is -1.58. The van der Waals surface area contributed by atoms with Gasteiger partial charge in [0.15, 0.2) is 0 Å². The SMILES string of the molecule is CC(C)n1cc(NC(=O)c2ccc(Nc3cnc4ccccc4n3)cc2)c(=O)n(CC(=O)NC2CC(=O)OC2O)c1=O. The van der Waals surface area contributed by atoms with E-state index in [2.05, 4.69) is 30.7 Å². The van der Waals surface area contributed by atoms with E-state index < -0.39 is 54.0 Å². The average Bonchev–Trinajstić information content (AvgIpc) is 3.28. The number of rotatable bonds is 8. The normalized spacial score (nSPS) is 16.3. The van der Waals surface area contributed by atoms with Gasteiger partial charge in [0, 0.05) is 23.5 Å². The molecule has 14 nitrogen and oxygen atoms in total. The second-order valence-electron chi connectivity index (χ2n) is 9.88. The third kappa shape index (κ3) is 6.02. The minimum Gasteiger partial charge on any atom is -0.434 e. The lowest BCUT2D eigenvalue weighted by Crippen LogP contribution is -2.47. The number of carbonyl (C=O) groups is 3. The largest absolute Gasteiger partial charge is 0.434 e. The number of aliphatic hydroxyl groups excluding tert-OH is 1. The fourth-order valence-electron chi connectivity index (χ4n) is 4.34. The molecule has 4 aromatic rings. The van der Waals surface area contributed by atoms with Crippen molar-refractivity contribution in [3.63, 3.8) is 0 Å². The predicted octanol–water partition coefficient (Wildman–Crippen LogP) is 1.28. The molecule has 2 aromatic carbocycles. The molecule has 1 saturated heterocycles. The van der Waals surface area contributed by atoms with Crippen LogP contribution in [0, 0.1) is 0 Å². The van der Waals surface area contributed by atoms with Gasteiger partial charge in [-0.2, -0.15) is 0 Å². The van der Waals surface area contributed by atoms with Gasteiger partial charge < -0.3 is 25.8 Å². The Labute approximate surface area is 238 Å². The Hall–Kier alpha value is -5.37. The van der Waals surface area contributed by atoms with Gasteiger partial charge in [-0.05, 0) is 50.2 Å². The summed E-state index contributed by atoms with van der Waals surface area (Å²) in [5.41, 5.74) is 0.493. The van der Waals surface area contributed by atoms with Crippen molar-refractivity contribution in [2.45, 2.75) is 45.2 Å². The van der Waals surface area contributed by atoms with Crippen LogP contribution in [0.3, 0.4) is 0 Å². The highest BCUT2D eigenvalue weighted by molar-refractivity contribution is 6.04. The van der Waals surface area contributed by atoms with Crippen LogP contribution in [0.1, 0.15) is 36.7 Å². The van der Waals surface area contributed by atoms with Crippen molar-refractivity contribution in [3.05, 3.63) is 87.3 Å². The average molecular weight is 574 g/mol. The van der Waals surface area contributed by atoms with Gasteiger partial charge in [-0.25, -0.2) is 14.3 Å². The number of aromatic nitrogens is 4. The van der Waals surface area contributed by atoms with Gasteiger partial charge in [0.25, 0.3) is 11.5 Å². The molecule has 4 N–H and O–H groups in total.